The van der Waals surface area contributed by atoms with Crippen molar-refractivity contribution in [2.45, 2.75) is 32.9 Å². The number of benzene rings is 2. The minimum absolute atomic E-state index is 0.0949. The average Bonchev–Trinajstić information content (AvgIpc) is 3.04. The van der Waals surface area contributed by atoms with Gasteiger partial charge in [0.1, 0.15) is 5.75 Å². The fourth-order valence-corrected chi connectivity index (χ4v) is 2.51. The van der Waals surface area contributed by atoms with E-state index in [1.54, 1.807) is 25.1 Å². The average molecular weight is 341 g/mol. The molecule has 0 fully saturated rings. The Labute approximate surface area is 145 Å². The van der Waals surface area contributed by atoms with E-state index >= 15 is 0 Å². The van der Waals surface area contributed by atoms with Crippen LogP contribution >= 0.6 is 0 Å². The van der Waals surface area contributed by atoms with Crippen molar-refractivity contribution in [3.05, 3.63) is 71.7 Å². The van der Waals surface area contributed by atoms with Gasteiger partial charge in [-0.25, -0.2) is 4.39 Å². The van der Waals surface area contributed by atoms with Gasteiger partial charge in [-0.3, -0.25) is 5.32 Å². The smallest absolute Gasteiger partial charge is 0.233 e. The molecule has 3 rings (SSSR count). The summed E-state index contributed by atoms with van der Waals surface area (Å²) in [5, 5.41) is 11.1. The summed E-state index contributed by atoms with van der Waals surface area (Å²) in [4.78, 5) is 0. The molecule has 0 saturated carbocycles. The first-order valence-corrected chi connectivity index (χ1v) is 8.11. The second kappa shape index (κ2) is 7.44. The standard InChI is InChI=1S/C19H20FN3O2/c1-12(21-13(2)19-23-22-14(3)24-19)15-9-10-18(17(20)11-15)25-16-7-5-4-6-8-16/h4-13,21H,1-3H3/t12-,13-/m1/s1. The fourth-order valence-electron chi connectivity index (χ4n) is 2.51. The molecule has 0 saturated heterocycles. The van der Waals surface area contributed by atoms with Gasteiger partial charge >= 0.3 is 0 Å². The van der Waals surface area contributed by atoms with Gasteiger partial charge in [0, 0.05) is 13.0 Å². The van der Waals surface area contributed by atoms with Crippen LogP contribution < -0.4 is 10.1 Å². The molecule has 0 unspecified atom stereocenters. The van der Waals surface area contributed by atoms with Gasteiger partial charge in [0.15, 0.2) is 11.6 Å². The summed E-state index contributed by atoms with van der Waals surface area (Å²) < 4.78 is 25.3. The third-order valence-corrected chi connectivity index (χ3v) is 3.84. The van der Waals surface area contributed by atoms with Crippen LogP contribution in [0.3, 0.4) is 0 Å². The maximum atomic E-state index is 14.4. The van der Waals surface area contributed by atoms with Gasteiger partial charge in [0.25, 0.3) is 0 Å². The molecule has 130 valence electrons. The van der Waals surface area contributed by atoms with E-state index in [1.165, 1.54) is 6.07 Å². The van der Waals surface area contributed by atoms with Crippen molar-refractivity contribution in [3.8, 4) is 11.5 Å². The molecule has 1 aromatic heterocycles. The van der Waals surface area contributed by atoms with Crippen LogP contribution in [0.15, 0.2) is 52.9 Å². The SMILES string of the molecule is Cc1nnc([C@@H](C)N[C@H](C)c2ccc(Oc3ccccc3)c(F)c2)o1. The Morgan fingerprint density at radius 2 is 1.80 bits per heavy atom. The molecule has 1 heterocycles. The summed E-state index contributed by atoms with van der Waals surface area (Å²) in [6.07, 6.45) is 0. The molecule has 5 nitrogen and oxygen atoms in total. The van der Waals surface area contributed by atoms with E-state index in [4.69, 9.17) is 9.15 Å². The number of nitrogens with zero attached hydrogens (tertiary/aromatic N) is 2. The zero-order valence-corrected chi connectivity index (χ0v) is 14.4. The predicted octanol–water partition coefficient (Wildman–Crippen LogP) is 4.72. The zero-order chi connectivity index (χ0) is 17.8. The lowest BCUT2D eigenvalue weighted by Crippen LogP contribution is -2.22. The molecule has 25 heavy (non-hydrogen) atoms. The lowest BCUT2D eigenvalue weighted by Gasteiger charge is -2.18. The van der Waals surface area contributed by atoms with Gasteiger partial charge in [0.05, 0.1) is 6.04 Å². The Morgan fingerprint density at radius 3 is 2.44 bits per heavy atom. The highest BCUT2D eigenvalue weighted by Gasteiger charge is 2.17. The van der Waals surface area contributed by atoms with Crippen molar-refractivity contribution < 1.29 is 13.5 Å². The highest BCUT2D eigenvalue weighted by Crippen LogP contribution is 2.27. The molecule has 0 aliphatic heterocycles. The summed E-state index contributed by atoms with van der Waals surface area (Å²) in [7, 11) is 0. The van der Waals surface area contributed by atoms with Crippen LogP contribution in [-0.4, -0.2) is 10.2 Å². The molecular formula is C19H20FN3O2. The molecular weight excluding hydrogens is 321 g/mol. The Hall–Kier alpha value is -2.73. The van der Waals surface area contributed by atoms with Crippen molar-refractivity contribution in [3.63, 3.8) is 0 Å². The molecule has 0 bridgehead atoms. The van der Waals surface area contributed by atoms with Crippen molar-refractivity contribution in [2.75, 3.05) is 0 Å². The maximum Gasteiger partial charge on any atom is 0.233 e. The highest BCUT2D eigenvalue weighted by atomic mass is 19.1. The Balaban J connectivity index is 1.69. The van der Waals surface area contributed by atoms with E-state index in [9.17, 15) is 4.39 Å². The Morgan fingerprint density at radius 1 is 1.04 bits per heavy atom. The lowest BCUT2D eigenvalue weighted by molar-refractivity contribution is 0.379. The van der Waals surface area contributed by atoms with Crippen LogP contribution in [0.2, 0.25) is 0 Å². The monoisotopic (exact) mass is 341 g/mol. The second-order valence-electron chi connectivity index (χ2n) is 5.87. The summed E-state index contributed by atoms with van der Waals surface area (Å²) in [5.41, 5.74) is 0.806. The first kappa shape index (κ1) is 17.1. The number of aryl methyl sites for hydroxylation is 1. The normalized spacial score (nSPS) is 13.4. The van der Waals surface area contributed by atoms with E-state index in [0.717, 1.165) is 5.56 Å². The third-order valence-electron chi connectivity index (χ3n) is 3.84. The lowest BCUT2D eigenvalue weighted by atomic mass is 10.1. The van der Waals surface area contributed by atoms with E-state index < -0.39 is 5.82 Å². The van der Waals surface area contributed by atoms with E-state index in [0.29, 0.717) is 17.5 Å². The molecule has 6 heteroatoms. The summed E-state index contributed by atoms with van der Waals surface area (Å²) in [5.74, 6) is 1.42. The molecule has 1 N–H and O–H groups in total. The van der Waals surface area contributed by atoms with Crippen molar-refractivity contribution in [2.24, 2.45) is 0 Å². The molecule has 2 aromatic carbocycles. The van der Waals surface area contributed by atoms with Gasteiger partial charge in [-0.2, -0.15) is 0 Å². The third kappa shape index (κ3) is 4.22. The topological polar surface area (TPSA) is 60.2 Å². The fraction of sp³-hybridized carbons (Fsp3) is 0.263. The maximum absolute atomic E-state index is 14.4. The quantitative estimate of drug-likeness (QED) is 0.703. The van der Waals surface area contributed by atoms with Crippen molar-refractivity contribution in [1.82, 2.24) is 15.5 Å². The van der Waals surface area contributed by atoms with Gasteiger partial charge < -0.3 is 9.15 Å². The van der Waals surface area contributed by atoms with Crippen LogP contribution in [0, 0.1) is 12.7 Å². The molecule has 2 atom stereocenters. The first-order valence-electron chi connectivity index (χ1n) is 8.11. The number of para-hydroxylation sites is 1. The zero-order valence-electron chi connectivity index (χ0n) is 14.4. The Bertz CT molecular complexity index is 836. The number of rotatable bonds is 6. The van der Waals surface area contributed by atoms with Crippen LogP contribution in [0.5, 0.6) is 11.5 Å². The number of ether oxygens (including phenoxy) is 1. The van der Waals surface area contributed by atoms with Crippen LogP contribution in [-0.2, 0) is 0 Å². The molecule has 0 aliphatic carbocycles. The predicted molar refractivity (Wildman–Crippen MR) is 91.9 cm³/mol. The molecule has 3 aromatic rings. The van der Waals surface area contributed by atoms with Crippen molar-refractivity contribution >= 4 is 0 Å². The van der Waals surface area contributed by atoms with Gasteiger partial charge in [0.2, 0.25) is 11.8 Å². The van der Waals surface area contributed by atoms with Gasteiger partial charge in [-0.05, 0) is 43.7 Å². The van der Waals surface area contributed by atoms with E-state index in [-0.39, 0.29) is 17.8 Å². The second-order valence-corrected chi connectivity index (χ2v) is 5.87. The number of hydrogen-bond donors (Lipinski definition) is 1. The number of halogens is 1. The van der Waals surface area contributed by atoms with Gasteiger partial charge in [-0.15, -0.1) is 10.2 Å². The van der Waals surface area contributed by atoms with Crippen LogP contribution in [0.25, 0.3) is 0 Å². The number of nitrogens with one attached hydrogen (secondary N) is 1. The molecule has 0 spiro atoms. The highest BCUT2D eigenvalue weighted by molar-refractivity contribution is 5.35. The molecule has 0 radical (unpaired) electrons. The Kier molecular flexibility index (Phi) is 5.09. The summed E-state index contributed by atoms with van der Waals surface area (Å²) in [6, 6.07) is 13.8. The van der Waals surface area contributed by atoms with Crippen molar-refractivity contribution in [1.29, 1.82) is 0 Å². The molecule has 0 amide bonds. The number of hydrogen-bond acceptors (Lipinski definition) is 5. The molecule has 0 aliphatic rings. The van der Waals surface area contributed by atoms with Gasteiger partial charge in [-0.1, -0.05) is 24.3 Å². The minimum atomic E-state index is -0.406. The van der Waals surface area contributed by atoms with E-state index in [2.05, 4.69) is 15.5 Å². The van der Waals surface area contributed by atoms with Crippen LogP contribution in [0.4, 0.5) is 4.39 Å². The largest absolute Gasteiger partial charge is 0.454 e. The summed E-state index contributed by atoms with van der Waals surface area (Å²) in [6.45, 7) is 5.62. The minimum Gasteiger partial charge on any atom is -0.454 e. The first-order chi connectivity index (χ1) is 12.0. The number of aromatic nitrogens is 2. The van der Waals surface area contributed by atoms with E-state index in [1.807, 2.05) is 38.1 Å². The summed E-state index contributed by atoms with van der Waals surface area (Å²) >= 11 is 0. The van der Waals surface area contributed by atoms with Crippen LogP contribution in [0.1, 0.15) is 43.3 Å².